The number of nitrogens with zero attached hydrogens (tertiary/aromatic N) is 1. The van der Waals surface area contributed by atoms with Gasteiger partial charge in [0.25, 0.3) is 0 Å². The van der Waals surface area contributed by atoms with Crippen molar-refractivity contribution in [2.24, 2.45) is 0 Å². The van der Waals surface area contributed by atoms with Crippen molar-refractivity contribution in [2.75, 3.05) is 5.75 Å². The third kappa shape index (κ3) is 4.63. The van der Waals surface area contributed by atoms with Crippen LogP contribution in [0.5, 0.6) is 0 Å². The Kier molecular flexibility index (Phi) is 4.04. The molecule has 0 unspecified atom stereocenters. The van der Waals surface area contributed by atoms with Crippen LogP contribution in [0.25, 0.3) is 0 Å². The molecule has 0 atom stereocenters. The van der Waals surface area contributed by atoms with Crippen molar-refractivity contribution in [1.29, 1.82) is 0 Å². The van der Waals surface area contributed by atoms with Crippen molar-refractivity contribution < 1.29 is 13.2 Å². The maximum absolute atomic E-state index is 12.0. The molecule has 0 amide bonds. The Morgan fingerprint density at radius 1 is 1.41 bits per heavy atom. The van der Waals surface area contributed by atoms with Gasteiger partial charge in [-0.15, -0.1) is 0 Å². The summed E-state index contributed by atoms with van der Waals surface area (Å²) >= 11 is 0.0360. The topological polar surface area (TPSA) is 17.0 Å². The molecule has 6 heteroatoms. The van der Waals surface area contributed by atoms with Crippen LogP contribution in [-0.2, 0) is 13.1 Å². The van der Waals surface area contributed by atoms with E-state index in [0.29, 0.717) is 12.6 Å². The largest absolute Gasteiger partial charge is 0.441 e. The van der Waals surface area contributed by atoms with Crippen LogP contribution in [0.3, 0.4) is 0 Å². The SMILES string of the molecule is FC(F)(F)SCCn1cccc1CNC1CC1. The summed E-state index contributed by atoms with van der Waals surface area (Å²) in [6, 6.07) is 4.44. The molecule has 1 fully saturated rings. The molecule has 1 aliphatic carbocycles. The summed E-state index contributed by atoms with van der Waals surface area (Å²) in [5.41, 5.74) is -3.07. The lowest BCUT2D eigenvalue weighted by molar-refractivity contribution is -0.0328. The number of aryl methyl sites for hydroxylation is 1. The van der Waals surface area contributed by atoms with E-state index in [1.54, 1.807) is 0 Å². The van der Waals surface area contributed by atoms with E-state index in [-0.39, 0.29) is 17.5 Å². The van der Waals surface area contributed by atoms with Gasteiger partial charge >= 0.3 is 5.51 Å². The van der Waals surface area contributed by atoms with E-state index in [1.165, 1.54) is 12.8 Å². The standard InChI is InChI=1S/C11H15F3N2S/c12-11(13,14)17-7-6-16-5-1-2-10(16)8-15-9-3-4-9/h1-2,5,9,15H,3-4,6-8H2. The van der Waals surface area contributed by atoms with Crippen LogP contribution < -0.4 is 5.32 Å². The molecule has 1 heterocycles. The summed E-state index contributed by atoms with van der Waals surface area (Å²) in [6.07, 6.45) is 4.26. The first-order chi connectivity index (χ1) is 8.04. The van der Waals surface area contributed by atoms with Gasteiger partial charge in [-0.1, -0.05) is 0 Å². The predicted molar refractivity (Wildman–Crippen MR) is 62.8 cm³/mol. The summed E-state index contributed by atoms with van der Waals surface area (Å²) in [5, 5.41) is 3.36. The van der Waals surface area contributed by atoms with Gasteiger partial charge < -0.3 is 9.88 Å². The van der Waals surface area contributed by atoms with Crippen LogP contribution in [0.15, 0.2) is 18.3 Å². The van der Waals surface area contributed by atoms with Crippen molar-refractivity contribution in [2.45, 2.75) is 37.5 Å². The van der Waals surface area contributed by atoms with Gasteiger partial charge in [0.1, 0.15) is 0 Å². The minimum absolute atomic E-state index is 0.0360. The van der Waals surface area contributed by atoms with Crippen LogP contribution in [0.4, 0.5) is 13.2 Å². The minimum Gasteiger partial charge on any atom is -0.349 e. The van der Waals surface area contributed by atoms with Gasteiger partial charge in [-0.25, -0.2) is 0 Å². The molecular weight excluding hydrogens is 249 g/mol. The monoisotopic (exact) mass is 264 g/mol. The maximum atomic E-state index is 12.0. The van der Waals surface area contributed by atoms with Gasteiger partial charge in [0.15, 0.2) is 0 Å². The molecule has 2 rings (SSSR count). The van der Waals surface area contributed by atoms with Crippen molar-refractivity contribution >= 4 is 11.8 Å². The minimum atomic E-state index is -4.13. The van der Waals surface area contributed by atoms with Crippen molar-refractivity contribution in [3.05, 3.63) is 24.0 Å². The van der Waals surface area contributed by atoms with Crippen LogP contribution in [0.2, 0.25) is 0 Å². The molecule has 0 aliphatic heterocycles. The highest BCUT2D eigenvalue weighted by Gasteiger charge is 2.27. The van der Waals surface area contributed by atoms with Crippen LogP contribution >= 0.6 is 11.8 Å². The van der Waals surface area contributed by atoms with E-state index in [1.807, 2.05) is 22.9 Å². The molecule has 2 nitrogen and oxygen atoms in total. The fourth-order valence-corrected chi connectivity index (χ4v) is 2.14. The zero-order valence-electron chi connectivity index (χ0n) is 9.33. The second-order valence-electron chi connectivity index (χ2n) is 4.14. The molecule has 1 saturated carbocycles. The summed E-state index contributed by atoms with van der Waals surface area (Å²) in [4.78, 5) is 0. The molecule has 1 aliphatic rings. The fourth-order valence-electron chi connectivity index (χ4n) is 1.62. The second-order valence-corrected chi connectivity index (χ2v) is 5.30. The van der Waals surface area contributed by atoms with E-state index in [2.05, 4.69) is 5.32 Å². The summed E-state index contributed by atoms with van der Waals surface area (Å²) in [6.45, 7) is 1.15. The van der Waals surface area contributed by atoms with Gasteiger partial charge in [0.05, 0.1) is 0 Å². The Morgan fingerprint density at radius 2 is 2.18 bits per heavy atom. The van der Waals surface area contributed by atoms with E-state index < -0.39 is 5.51 Å². The fraction of sp³-hybridized carbons (Fsp3) is 0.636. The van der Waals surface area contributed by atoms with E-state index in [4.69, 9.17) is 0 Å². The lowest BCUT2D eigenvalue weighted by Crippen LogP contribution is -2.18. The number of nitrogens with one attached hydrogen (secondary N) is 1. The molecule has 1 aromatic heterocycles. The molecule has 0 aromatic carbocycles. The number of hydrogen-bond donors (Lipinski definition) is 1. The number of rotatable bonds is 6. The van der Waals surface area contributed by atoms with Crippen molar-refractivity contribution in [3.63, 3.8) is 0 Å². The molecule has 0 spiro atoms. The predicted octanol–water partition coefficient (Wildman–Crippen LogP) is 2.99. The van der Waals surface area contributed by atoms with E-state index in [9.17, 15) is 13.2 Å². The van der Waals surface area contributed by atoms with Gasteiger partial charge in [-0.2, -0.15) is 13.2 Å². The molecule has 1 N–H and O–H groups in total. The maximum Gasteiger partial charge on any atom is 0.441 e. The molecule has 0 bridgehead atoms. The lowest BCUT2D eigenvalue weighted by atomic mass is 10.4. The molecular formula is C11H15F3N2S. The highest BCUT2D eigenvalue weighted by Crippen LogP contribution is 2.30. The van der Waals surface area contributed by atoms with Crippen LogP contribution in [0, 0.1) is 0 Å². The quantitative estimate of drug-likeness (QED) is 0.850. The number of thioether (sulfide) groups is 1. The average molecular weight is 264 g/mol. The average Bonchev–Trinajstić information content (AvgIpc) is 2.95. The highest BCUT2D eigenvalue weighted by molar-refractivity contribution is 8.00. The van der Waals surface area contributed by atoms with Crippen LogP contribution in [0.1, 0.15) is 18.5 Å². The van der Waals surface area contributed by atoms with E-state index >= 15 is 0 Å². The van der Waals surface area contributed by atoms with Gasteiger partial charge in [0.2, 0.25) is 0 Å². The summed E-state index contributed by atoms with van der Waals surface area (Å²) < 4.78 is 37.8. The van der Waals surface area contributed by atoms with Gasteiger partial charge in [-0.3, -0.25) is 0 Å². The number of halogens is 3. The zero-order chi connectivity index (χ0) is 12.3. The molecule has 0 radical (unpaired) electrons. The molecule has 96 valence electrons. The molecule has 17 heavy (non-hydrogen) atoms. The van der Waals surface area contributed by atoms with Crippen molar-refractivity contribution in [3.8, 4) is 0 Å². The van der Waals surface area contributed by atoms with Gasteiger partial charge in [-0.05, 0) is 36.7 Å². The first-order valence-electron chi connectivity index (χ1n) is 5.63. The summed E-state index contributed by atoms with van der Waals surface area (Å²) in [7, 11) is 0. The van der Waals surface area contributed by atoms with E-state index in [0.717, 1.165) is 12.2 Å². The Bertz CT molecular complexity index is 358. The number of aromatic nitrogens is 1. The van der Waals surface area contributed by atoms with Gasteiger partial charge in [0, 0.05) is 36.8 Å². The Hall–Kier alpha value is -0.620. The summed E-state index contributed by atoms with van der Waals surface area (Å²) in [5.74, 6) is 0.0641. The highest BCUT2D eigenvalue weighted by atomic mass is 32.2. The Balaban J connectivity index is 1.76. The number of hydrogen-bond acceptors (Lipinski definition) is 2. The third-order valence-corrected chi connectivity index (χ3v) is 3.38. The molecule has 1 aromatic rings. The smallest absolute Gasteiger partial charge is 0.349 e. The zero-order valence-corrected chi connectivity index (χ0v) is 10.2. The number of alkyl halides is 3. The first-order valence-corrected chi connectivity index (χ1v) is 6.61. The second kappa shape index (κ2) is 5.35. The Morgan fingerprint density at radius 3 is 2.82 bits per heavy atom. The molecule has 0 saturated heterocycles. The first kappa shape index (κ1) is 12.8. The third-order valence-electron chi connectivity index (χ3n) is 2.67. The van der Waals surface area contributed by atoms with Crippen LogP contribution in [-0.4, -0.2) is 21.9 Å². The van der Waals surface area contributed by atoms with Crippen molar-refractivity contribution in [1.82, 2.24) is 9.88 Å². The Labute approximate surface area is 103 Å². The normalized spacial score (nSPS) is 16.4. The lowest BCUT2D eigenvalue weighted by Gasteiger charge is -2.10.